The highest BCUT2D eigenvalue weighted by molar-refractivity contribution is 5.84. The van der Waals surface area contributed by atoms with Crippen LogP contribution in [0.25, 0.3) is 17.4 Å². The lowest BCUT2D eigenvalue weighted by molar-refractivity contribution is 0.0651. The summed E-state index contributed by atoms with van der Waals surface area (Å²) in [5.41, 5.74) is 6.93. The molecule has 0 bridgehead atoms. The molecular formula is C23H27N9O4. The molecule has 0 aliphatic carbocycles. The van der Waals surface area contributed by atoms with E-state index in [1.807, 2.05) is 0 Å². The minimum absolute atomic E-state index is 0.0981. The van der Waals surface area contributed by atoms with Gasteiger partial charge >= 0.3 is 5.97 Å². The molecule has 1 atom stereocenters. The summed E-state index contributed by atoms with van der Waals surface area (Å²) in [5, 5.41) is 17.4. The second kappa shape index (κ2) is 9.22. The van der Waals surface area contributed by atoms with E-state index in [9.17, 15) is 4.79 Å². The van der Waals surface area contributed by atoms with Crippen LogP contribution in [0.15, 0.2) is 33.4 Å². The van der Waals surface area contributed by atoms with Crippen LogP contribution in [0.2, 0.25) is 0 Å². The zero-order valence-corrected chi connectivity index (χ0v) is 19.7. The maximum atomic E-state index is 11.1. The molecule has 0 radical (unpaired) electrons. The van der Waals surface area contributed by atoms with Gasteiger partial charge in [-0.05, 0) is 56.8 Å². The number of anilines is 2. The molecule has 2 aliphatic rings. The molecule has 0 saturated carbocycles. The van der Waals surface area contributed by atoms with Gasteiger partial charge in [-0.3, -0.25) is 0 Å². The number of rotatable bonds is 6. The van der Waals surface area contributed by atoms with Gasteiger partial charge < -0.3 is 29.6 Å². The highest BCUT2D eigenvalue weighted by Crippen LogP contribution is 2.30. The van der Waals surface area contributed by atoms with Gasteiger partial charge in [-0.25, -0.2) is 4.79 Å². The summed E-state index contributed by atoms with van der Waals surface area (Å²) >= 11 is 0. The number of hydrogen-bond acceptors (Lipinski definition) is 11. The smallest absolute Gasteiger partial charge is 0.374 e. The normalized spacial score (nSPS) is 19.8. The largest absolute Gasteiger partial charge is 0.475 e. The molecule has 3 N–H and O–H groups in total. The molecule has 0 spiro atoms. The van der Waals surface area contributed by atoms with Crippen molar-refractivity contribution in [1.82, 2.24) is 34.6 Å². The Labute approximate surface area is 205 Å². The molecule has 6 heterocycles. The number of carboxylic acid groups (broad SMARTS) is 1. The second-order valence-electron chi connectivity index (χ2n) is 9.46. The summed E-state index contributed by atoms with van der Waals surface area (Å²) in [6, 6.07) is 5.12. The van der Waals surface area contributed by atoms with Crippen LogP contribution >= 0.6 is 0 Å². The molecule has 2 fully saturated rings. The van der Waals surface area contributed by atoms with Crippen molar-refractivity contribution in [3.8, 4) is 11.6 Å². The number of hydrogen-bond donors (Lipinski definition) is 2. The van der Waals surface area contributed by atoms with E-state index in [1.54, 1.807) is 24.5 Å². The van der Waals surface area contributed by atoms with E-state index in [2.05, 4.69) is 35.0 Å². The fourth-order valence-electron chi connectivity index (χ4n) is 5.20. The first-order valence-corrected chi connectivity index (χ1v) is 12.1. The molecule has 6 rings (SSSR count). The Balaban J connectivity index is 1.09. The van der Waals surface area contributed by atoms with Crippen molar-refractivity contribution in [3.05, 3.63) is 35.9 Å². The number of nitrogen functional groups attached to an aromatic ring is 1. The fourth-order valence-corrected chi connectivity index (χ4v) is 5.20. The van der Waals surface area contributed by atoms with Crippen LogP contribution in [0.5, 0.6) is 0 Å². The first-order valence-electron chi connectivity index (χ1n) is 12.1. The third-order valence-corrected chi connectivity index (χ3v) is 7.03. The van der Waals surface area contributed by atoms with Crippen molar-refractivity contribution in [3.63, 3.8) is 0 Å². The number of furan rings is 1. The van der Waals surface area contributed by atoms with Gasteiger partial charge in [-0.1, -0.05) is 5.16 Å². The number of likely N-dealkylation sites (tertiary alicyclic amines) is 1. The van der Waals surface area contributed by atoms with E-state index in [1.165, 1.54) is 4.52 Å². The Morgan fingerprint density at radius 3 is 2.78 bits per heavy atom. The van der Waals surface area contributed by atoms with Crippen molar-refractivity contribution >= 4 is 23.6 Å². The van der Waals surface area contributed by atoms with Gasteiger partial charge in [-0.2, -0.15) is 19.5 Å². The third kappa shape index (κ3) is 4.37. The van der Waals surface area contributed by atoms with Crippen molar-refractivity contribution in [1.29, 1.82) is 0 Å². The van der Waals surface area contributed by atoms with E-state index in [4.69, 9.17) is 19.8 Å². The molecule has 188 valence electrons. The zero-order valence-electron chi connectivity index (χ0n) is 19.7. The van der Waals surface area contributed by atoms with Gasteiger partial charge in [0.1, 0.15) is 0 Å². The Morgan fingerprint density at radius 2 is 2.03 bits per heavy atom. The number of piperidine rings is 2. The van der Waals surface area contributed by atoms with E-state index in [-0.39, 0.29) is 17.6 Å². The van der Waals surface area contributed by atoms with Crippen molar-refractivity contribution in [2.24, 2.45) is 5.92 Å². The lowest BCUT2D eigenvalue weighted by Gasteiger charge is -2.38. The summed E-state index contributed by atoms with van der Waals surface area (Å²) < 4.78 is 11.8. The Kier molecular flexibility index (Phi) is 5.76. The highest BCUT2D eigenvalue weighted by Gasteiger charge is 2.29. The predicted octanol–water partition coefficient (Wildman–Crippen LogP) is 2.14. The van der Waals surface area contributed by atoms with Crippen LogP contribution in [0, 0.1) is 5.92 Å². The molecule has 0 aromatic carbocycles. The quantitative estimate of drug-likeness (QED) is 0.402. The Bertz CT molecular complexity index is 1360. The third-order valence-electron chi connectivity index (χ3n) is 7.03. The molecule has 13 heteroatoms. The Hall–Kier alpha value is -4.00. The van der Waals surface area contributed by atoms with E-state index in [0.717, 1.165) is 64.1 Å². The average molecular weight is 494 g/mol. The van der Waals surface area contributed by atoms with Crippen LogP contribution in [0.4, 0.5) is 11.9 Å². The first kappa shape index (κ1) is 22.5. The van der Waals surface area contributed by atoms with Crippen LogP contribution in [0.3, 0.4) is 0 Å². The summed E-state index contributed by atoms with van der Waals surface area (Å²) in [5.74, 6) is 1.71. The number of carboxylic acids is 1. The summed E-state index contributed by atoms with van der Waals surface area (Å²) in [7, 11) is 0. The molecule has 36 heavy (non-hydrogen) atoms. The summed E-state index contributed by atoms with van der Waals surface area (Å²) in [6.07, 6.45) is 5.64. The minimum atomic E-state index is -1.08. The standard InChI is InChI=1S/C23H27N9O4/c24-21-26-22(27-23-25-19(28-32(21)23)17-4-2-10-35-17)31-7-1-3-14(13-31)12-30-8-5-15(6-9-30)16-11-18(20(33)34)36-29-16/h2,4,10-11,14-15H,1,3,5-9,12-13H2,(H,33,34)(H2,24,25,26,27,28)/t14-/m0/s1. The maximum absolute atomic E-state index is 11.1. The van der Waals surface area contributed by atoms with Gasteiger partial charge in [0.2, 0.25) is 23.5 Å². The SMILES string of the molecule is Nc1nc(N2CCC[C@@H](CN3CCC(c4cc(C(=O)O)on4)CC3)C2)nc2nc(-c3ccco3)nn12. The fraction of sp³-hybridized carbons (Fsp3) is 0.478. The molecule has 4 aromatic heterocycles. The van der Waals surface area contributed by atoms with Gasteiger partial charge in [0.15, 0.2) is 5.76 Å². The first-order chi connectivity index (χ1) is 17.5. The molecule has 2 aliphatic heterocycles. The van der Waals surface area contributed by atoms with E-state index >= 15 is 0 Å². The van der Waals surface area contributed by atoms with Crippen molar-refractivity contribution in [2.45, 2.75) is 31.6 Å². The molecule has 2 saturated heterocycles. The predicted molar refractivity (Wildman–Crippen MR) is 128 cm³/mol. The molecule has 13 nitrogen and oxygen atoms in total. The summed E-state index contributed by atoms with van der Waals surface area (Å²) in [6.45, 7) is 4.60. The second-order valence-corrected chi connectivity index (χ2v) is 9.46. The Morgan fingerprint density at radius 1 is 1.17 bits per heavy atom. The number of nitrogens with zero attached hydrogens (tertiary/aromatic N) is 8. The van der Waals surface area contributed by atoms with Crippen molar-refractivity contribution < 1.29 is 18.8 Å². The maximum Gasteiger partial charge on any atom is 0.374 e. The summed E-state index contributed by atoms with van der Waals surface area (Å²) in [4.78, 5) is 29.3. The average Bonchev–Trinajstić information content (AvgIpc) is 3.65. The van der Waals surface area contributed by atoms with Crippen LogP contribution in [0.1, 0.15) is 47.8 Å². The molecule has 0 unspecified atom stereocenters. The van der Waals surface area contributed by atoms with Gasteiger partial charge in [0.05, 0.1) is 12.0 Å². The van der Waals surface area contributed by atoms with Crippen LogP contribution in [-0.2, 0) is 0 Å². The van der Waals surface area contributed by atoms with E-state index in [0.29, 0.717) is 29.2 Å². The monoisotopic (exact) mass is 493 g/mol. The number of carbonyl (C=O) groups is 1. The number of aromatic carboxylic acids is 1. The minimum Gasteiger partial charge on any atom is -0.475 e. The number of fused-ring (bicyclic) bond motifs is 1. The highest BCUT2D eigenvalue weighted by atomic mass is 16.5. The van der Waals surface area contributed by atoms with Crippen molar-refractivity contribution in [2.75, 3.05) is 43.4 Å². The molecule has 4 aromatic rings. The number of aromatic nitrogens is 6. The number of nitrogens with two attached hydrogens (primary N) is 1. The topological polar surface area (TPSA) is 165 Å². The van der Waals surface area contributed by atoms with Crippen LogP contribution in [-0.4, -0.2) is 78.4 Å². The van der Waals surface area contributed by atoms with E-state index < -0.39 is 5.97 Å². The van der Waals surface area contributed by atoms with Gasteiger partial charge in [0, 0.05) is 31.6 Å². The lowest BCUT2D eigenvalue weighted by Crippen LogP contribution is -2.43. The van der Waals surface area contributed by atoms with Gasteiger partial charge in [0.25, 0.3) is 5.78 Å². The lowest BCUT2D eigenvalue weighted by atomic mass is 9.91. The molecular weight excluding hydrogens is 466 g/mol. The zero-order chi connectivity index (χ0) is 24.6. The molecule has 0 amide bonds. The van der Waals surface area contributed by atoms with Crippen LogP contribution < -0.4 is 10.6 Å². The van der Waals surface area contributed by atoms with Gasteiger partial charge in [-0.15, -0.1) is 5.10 Å².